The third kappa shape index (κ3) is 3.48. The lowest BCUT2D eigenvalue weighted by Gasteiger charge is -2.22. The lowest BCUT2D eigenvalue weighted by molar-refractivity contribution is 0.0568. The van der Waals surface area contributed by atoms with Crippen LogP contribution in [-0.2, 0) is 10.3 Å². The summed E-state index contributed by atoms with van der Waals surface area (Å²) in [6.07, 6.45) is -0.520. The molecule has 0 bridgehead atoms. The van der Waals surface area contributed by atoms with Crippen LogP contribution in [0.4, 0.5) is 4.79 Å². The third-order valence-electron chi connectivity index (χ3n) is 4.97. The summed E-state index contributed by atoms with van der Waals surface area (Å²) in [6, 6.07) is 20.2. The summed E-state index contributed by atoms with van der Waals surface area (Å²) in [5.41, 5.74) is 3.64. The molecule has 1 aliphatic carbocycles. The standard InChI is InChI=1S/C22H21NO3S/c1-22(25,20-11-6-12-27-20)14-23-21(24)26-13-19-17-9-4-2-7-15(17)16-8-3-5-10-18(16)19/h2-12,19,25H,13-14H2,1H3,(H,23,24). The molecule has 27 heavy (non-hydrogen) atoms. The van der Waals surface area contributed by atoms with E-state index in [-0.39, 0.29) is 19.1 Å². The van der Waals surface area contributed by atoms with Crippen molar-refractivity contribution in [3.63, 3.8) is 0 Å². The summed E-state index contributed by atoms with van der Waals surface area (Å²) < 4.78 is 5.49. The molecule has 2 N–H and O–H groups in total. The highest BCUT2D eigenvalue weighted by Gasteiger charge is 2.29. The minimum absolute atomic E-state index is 0.0287. The molecule has 0 saturated carbocycles. The fraction of sp³-hybridized carbons (Fsp3) is 0.227. The Bertz CT molecular complexity index is 904. The minimum Gasteiger partial charge on any atom is -0.449 e. The van der Waals surface area contributed by atoms with E-state index in [4.69, 9.17) is 4.74 Å². The van der Waals surface area contributed by atoms with E-state index in [1.54, 1.807) is 6.92 Å². The molecule has 4 nitrogen and oxygen atoms in total. The topological polar surface area (TPSA) is 58.6 Å². The predicted molar refractivity (Wildman–Crippen MR) is 107 cm³/mol. The minimum atomic E-state index is -1.11. The Morgan fingerprint density at radius 2 is 1.70 bits per heavy atom. The summed E-state index contributed by atoms with van der Waals surface area (Å²) in [6.45, 7) is 2.05. The number of thiophene rings is 1. The van der Waals surface area contributed by atoms with Crippen LogP contribution >= 0.6 is 11.3 Å². The Balaban J connectivity index is 1.41. The molecule has 1 atom stereocenters. The highest BCUT2D eigenvalue weighted by molar-refractivity contribution is 7.10. The van der Waals surface area contributed by atoms with Gasteiger partial charge >= 0.3 is 6.09 Å². The molecule has 0 aliphatic heterocycles. The average Bonchev–Trinajstić information content (AvgIpc) is 3.32. The van der Waals surface area contributed by atoms with Crippen molar-refractivity contribution >= 4 is 17.4 Å². The van der Waals surface area contributed by atoms with Crippen molar-refractivity contribution in [3.8, 4) is 11.1 Å². The number of hydrogen-bond acceptors (Lipinski definition) is 4. The quantitative estimate of drug-likeness (QED) is 0.686. The summed E-state index contributed by atoms with van der Waals surface area (Å²) in [7, 11) is 0. The molecule has 0 saturated heterocycles. The first-order chi connectivity index (χ1) is 13.1. The molecule has 1 unspecified atom stereocenters. The molecule has 1 amide bonds. The van der Waals surface area contributed by atoms with Gasteiger partial charge in [0.05, 0.1) is 6.54 Å². The van der Waals surface area contributed by atoms with Crippen LogP contribution in [0.3, 0.4) is 0 Å². The zero-order valence-corrected chi connectivity index (χ0v) is 15.8. The number of nitrogens with one attached hydrogen (secondary N) is 1. The van der Waals surface area contributed by atoms with Crippen molar-refractivity contribution in [2.45, 2.75) is 18.4 Å². The third-order valence-corrected chi connectivity index (χ3v) is 6.10. The van der Waals surface area contributed by atoms with Gasteiger partial charge in [-0.3, -0.25) is 0 Å². The second-order valence-corrected chi connectivity index (χ2v) is 7.88. The Labute approximate surface area is 162 Å². The van der Waals surface area contributed by atoms with Crippen molar-refractivity contribution in [2.75, 3.05) is 13.2 Å². The van der Waals surface area contributed by atoms with Gasteiger partial charge in [-0.15, -0.1) is 11.3 Å². The number of aliphatic hydroxyl groups is 1. The molecule has 4 rings (SSSR count). The summed E-state index contributed by atoms with van der Waals surface area (Å²) in [5, 5.41) is 15.1. The monoisotopic (exact) mass is 379 g/mol. The van der Waals surface area contributed by atoms with E-state index < -0.39 is 11.7 Å². The average molecular weight is 379 g/mol. The second kappa shape index (κ2) is 7.18. The van der Waals surface area contributed by atoms with Crippen LogP contribution in [0.5, 0.6) is 0 Å². The van der Waals surface area contributed by atoms with E-state index in [0.717, 1.165) is 4.88 Å². The van der Waals surface area contributed by atoms with Crippen LogP contribution in [0.2, 0.25) is 0 Å². The molecule has 1 heterocycles. The van der Waals surface area contributed by atoms with Gasteiger partial charge in [-0.25, -0.2) is 4.79 Å². The number of fused-ring (bicyclic) bond motifs is 3. The molecule has 2 aromatic carbocycles. The van der Waals surface area contributed by atoms with Crippen LogP contribution in [-0.4, -0.2) is 24.4 Å². The maximum atomic E-state index is 12.2. The van der Waals surface area contributed by atoms with Crippen molar-refractivity contribution in [1.29, 1.82) is 0 Å². The molecule has 5 heteroatoms. The Hall–Kier alpha value is -2.63. The van der Waals surface area contributed by atoms with E-state index in [1.807, 2.05) is 41.8 Å². The van der Waals surface area contributed by atoms with Crippen molar-refractivity contribution < 1.29 is 14.6 Å². The number of amides is 1. The van der Waals surface area contributed by atoms with Crippen LogP contribution in [0.25, 0.3) is 11.1 Å². The number of hydrogen-bond donors (Lipinski definition) is 2. The smallest absolute Gasteiger partial charge is 0.407 e. The number of carbonyl (C=O) groups is 1. The van der Waals surface area contributed by atoms with Crippen LogP contribution < -0.4 is 5.32 Å². The molecule has 1 aliphatic rings. The fourth-order valence-corrected chi connectivity index (χ4v) is 4.35. The van der Waals surface area contributed by atoms with Gasteiger partial charge in [0.15, 0.2) is 0 Å². The van der Waals surface area contributed by atoms with Gasteiger partial charge in [-0.05, 0) is 40.6 Å². The molecule has 1 aromatic heterocycles. The van der Waals surface area contributed by atoms with E-state index >= 15 is 0 Å². The molecule has 0 fully saturated rings. The fourth-order valence-electron chi connectivity index (χ4n) is 3.57. The van der Waals surface area contributed by atoms with Crippen molar-refractivity contribution in [1.82, 2.24) is 5.32 Å². The van der Waals surface area contributed by atoms with E-state index in [1.165, 1.54) is 33.6 Å². The van der Waals surface area contributed by atoms with Crippen molar-refractivity contribution in [3.05, 3.63) is 82.0 Å². The molecular weight excluding hydrogens is 358 g/mol. The van der Waals surface area contributed by atoms with Crippen LogP contribution in [0.15, 0.2) is 66.0 Å². The molecular formula is C22H21NO3S. The SMILES string of the molecule is CC(O)(CNC(=O)OCC1c2ccccc2-c2ccccc21)c1cccs1. The molecule has 0 spiro atoms. The molecule has 138 valence electrons. The first-order valence-corrected chi connectivity index (χ1v) is 9.79. The number of ether oxygens (including phenoxy) is 1. The van der Waals surface area contributed by atoms with E-state index in [0.29, 0.717) is 0 Å². The highest BCUT2D eigenvalue weighted by Crippen LogP contribution is 2.44. The normalized spacial score (nSPS) is 14.9. The zero-order chi connectivity index (χ0) is 18.9. The van der Waals surface area contributed by atoms with Gasteiger partial charge in [0, 0.05) is 10.8 Å². The number of alkyl carbamates (subject to hydrolysis) is 1. The van der Waals surface area contributed by atoms with Gasteiger partial charge in [0.1, 0.15) is 12.2 Å². The van der Waals surface area contributed by atoms with Crippen LogP contribution in [0.1, 0.15) is 28.8 Å². The lowest BCUT2D eigenvalue weighted by atomic mass is 9.98. The number of benzene rings is 2. The molecule has 3 aromatic rings. The first kappa shape index (κ1) is 17.8. The lowest BCUT2D eigenvalue weighted by Crippen LogP contribution is -2.38. The number of carbonyl (C=O) groups excluding carboxylic acids is 1. The Kier molecular flexibility index (Phi) is 4.72. The van der Waals surface area contributed by atoms with Gasteiger partial charge in [0.2, 0.25) is 0 Å². The zero-order valence-electron chi connectivity index (χ0n) is 15.0. The summed E-state index contributed by atoms with van der Waals surface area (Å²) >= 11 is 1.46. The predicted octanol–water partition coefficient (Wildman–Crippen LogP) is 4.49. The largest absolute Gasteiger partial charge is 0.449 e. The van der Waals surface area contributed by atoms with Crippen molar-refractivity contribution in [2.24, 2.45) is 0 Å². The van der Waals surface area contributed by atoms with Gasteiger partial charge in [-0.1, -0.05) is 54.6 Å². The summed E-state index contributed by atoms with van der Waals surface area (Å²) in [5.74, 6) is 0.0287. The maximum Gasteiger partial charge on any atom is 0.407 e. The van der Waals surface area contributed by atoms with Gasteiger partial charge in [-0.2, -0.15) is 0 Å². The van der Waals surface area contributed by atoms with Crippen LogP contribution in [0, 0.1) is 0 Å². The van der Waals surface area contributed by atoms with E-state index in [2.05, 4.69) is 29.6 Å². The summed E-state index contributed by atoms with van der Waals surface area (Å²) in [4.78, 5) is 13.0. The van der Waals surface area contributed by atoms with E-state index in [9.17, 15) is 9.90 Å². The molecule has 0 radical (unpaired) electrons. The maximum absolute atomic E-state index is 12.2. The highest BCUT2D eigenvalue weighted by atomic mass is 32.1. The first-order valence-electron chi connectivity index (χ1n) is 8.91. The van der Waals surface area contributed by atoms with Gasteiger partial charge < -0.3 is 15.2 Å². The Morgan fingerprint density at radius 1 is 1.07 bits per heavy atom. The second-order valence-electron chi connectivity index (χ2n) is 6.93. The van der Waals surface area contributed by atoms with Gasteiger partial charge in [0.25, 0.3) is 0 Å². The number of rotatable bonds is 5. The Morgan fingerprint density at radius 3 is 2.30 bits per heavy atom.